The predicted molar refractivity (Wildman–Crippen MR) is 80.1 cm³/mol. The third-order valence-corrected chi connectivity index (χ3v) is 4.26. The van der Waals surface area contributed by atoms with Crippen molar-refractivity contribution in [3.05, 3.63) is 41.4 Å². The van der Waals surface area contributed by atoms with Gasteiger partial charge in [-0.25, -0.2) is 4.98 Å². The minimum absolute atomic E-state index is 0.209. The highest BCUT2D eigenvalue weighted by Gasteiger charge is 2.11. The average Bonchev–Trinajstić information content (AvgIpc) is 2.93. The van der Waals surface area contributed by atoms with Crippen LogP contribution in [0.4, 0.5) is 0 Å². The quantitative estimate of drug-likeness (QED) is 0.852. The van der Waals surface area contributed by atoms with Crippen molar-refractivity contribution in [2.45, 2.75) is 26.4 Å². The number of aliphatic hydroxyl groups excluding tert-OH is 1. The molecular formula is C15H20N2OS. The van der Waals surface area contributed by atoms with Crippen molar-refractivity contribution in [3.63, 3.8) is 0 Å². The average molecular weight is 276 g/mol. The second kappa shape index (κ2) is 6.80. The summed E-state index contributed by atoms with van der Waals surface area (Å²) in [5, 5.41) is 15.6. The first-order valence-electron chi connectivity index (χ1n) is 6.54. The van der Waals surface area contributed by atoms with Crippen LogP contribution >= 0.6 is 11.3 Å². The van der Waals surface area contributed by atoms with Gasteiger partial charge in [-0.15, -0.1) is 11.3 Å². The zero-order chi connectivity index (χ0) is 13.7. The number of nitrogens with zero attached hydrogens (tertiary/aromatic N) is 1. The zero-order valence-corrected chi connectivity index (χ0v) is 12.2. The maximum atomic E-state index is 9.10. The molecule has 1 heterocycles. The van der Waals surface area contributed by atoms with Gasteiger partial charge in [0.2, 0.25) is 0 Å². The second-order valence-electron chi connectivity index (χ2n) is 4.84. The molecule has 4 heteroatoms. The lowest BCUT2D eigenvalue weighted by Crippen LogP contribution is -2.33. The van der Waals surface area contributed by atoms with Crippen molar-refractivity contribution < 1.29 is 5.11 Å². The van der Waals surface area contributed by atoms with Crippen LogP contribution in [0.5, 0.6) is 0 Å². The van der Waals surface area contributed by atoms with Gasteiger partial charge in [-0.3, -0.25) is 0 Å². The summed E-state index contributed by atoms with van der Waals surface area (Å²) in [5.41, 5.74) is 2.22. The predicted octanol–water partition coefficient (Wildman–Crippen LogP) is 2.92. The molecule has 0 bridgehead atoms. The molecule has 0 saturated heterocycles. The molecule has 102 valence electrons. The molecule has 2 aromatic rings. The zero-order valence-electron chi connectivity index (χ0n) is 11.3. The van der Waals surface area contributed by atoms with Gasteiger partial charge in [-0.05, 0) is 12.8 Å². The van der Waals surface area contributed by atoms with Crippen LogP contribution in [-0.4, -0.2) is 22.7 Å². The molecule has 2 unspecified atom stereocenters. The fraction of sp³-hybridized carbons (Fsp3) is 0.400. The summed E-state index contributed by atoms with van der Waals surface area (Å²) in [6.07, 6.45) is 0. The molecule has 19 heavy (non-hydrogen) atoms. The first kappa shape index (κ1) is 14.2. The van der Waals surface area contributed by atoms with E-state index in [1.54, 1.807) is 11.3 Å². The van der Waals surface area contributed by atoms with Gasteiger partial charge in [0.1, 0.15) is 5.01 Å². The van der Waals surface area contributed by atoms with E-state index in [2.05, 4.69) is 34.7 Å². The normalized spacial score (nSPS) is 14.3. The number of thiazole rings is 1. The number of rotatable bonds is 6. The molecule has 0 fully saturated rings. The molecule has 0 aliphatic rings. The molecule has 0 saturated carbocycles. The van der Waals surface area contributed by atoms with Gasteiger partial charge in [0.05, 0.1) is 5.69 Å². The van der Waals surface area contributed by atoms with E-state index in [-0.39, 0.29) is 18.6 Å². The fourth-order valence-corrected chi connectivity index (χ4v) is 2.55. The van der Waals surface area contributed by atoms with Gasteiger partial charge >= 0.3 is 0 Å². The summed E-state index contributed by atoms with van der Waals surface area (Å²) < 4.78 is 0. The van der Waals surface area contributed by atoms with Crippen LogP contribution in [0.3, 0.4) is 0 Å². The number of aliphatic hydroxyl groups is 1. The van der Waals surface area contributed by atoms with E-state index >= 15 is 0 Å². The molecule has 2 atom stereocenters. The van der Waals surface area contributed by atoms with Crippen LogP contribution in [0, 0.1) is 5.92 Å². The van der Waals surface area contributed by atoms with Crippen LogP contribution in [0.2, 0.25) is 0 Å². The van der Waals surface area contributed by atoms with Crippen LogP contribution in [0.15, 0.2) is 35.7 Å². The van der Waals surface area contributed by atoms with Gasteiger partial charge in [0.15, 0.2) is 0 Å². The number of nitrogens with one attached hydrogen (secondary N) is 1. The van der Waals surface area contributed by atoms with E-state index in [1.807, 2.05) is 25.1 Å². The summed E-state index contributed by atoms with van der Waals surface area (Å²) in [7, 11) is 0. The minimum atomic E-state index is 0.209. The Balaban J connectivity index is 1.95. The fourth-order valence-electron chi connectivity index (χ4n) is 1.73. The van der Waals surface area contributed by atoms with Crippen LogP contribution < -0.4 is 5.32 Å². The number of aromatic nitrogens is 1. The minimum Gasteiger partial charge on any atom is -0.396 e. The number of hydrogen-bond donors (Lipinski definition) is 2. The van der Waals surface area contributed by atoms with E-state index in [0.717, 1.165) is 22.8 Å². The van der Waals surface area contributed by atoms with Gasteiger partial charge in [0.25, 0.3) is 0 Å². The monoisotopic (exact) mass is 276 g/mol. The largest absolute Gasteiger partial charge is 0.396 e. The summed E-state index contributed by atoms with van der Waals surface area (Å²) >= 11 is 1.67. The Hall–Kier alpha value is -1.23. The molecule has 3 nitrogen and oxygen atoms in total. The van der Waals surface area contributed by atoms with Crippen molar-refractivity contribution in [3.8, 4) is 10.6 Å². The van der Waals surface area contributed by atoms with Gasteiger partial charge in [0, 0.05) is 30.1 Å². The molecule has 1 aromatic heterocycles. The molecular weight excluding hydrogens is 256 g/mol. The molecule has 2 rings (SSSR count). The molecule has 0 amide bonds. The van der Waals surface area contributed by atoms with Crippen LogP contribution in [-0.2, 0) is 6.54 Å². The smallest absolute Gasteiger partial charge is 0.123 e. The lowest BCUT2D eigenvalue weighted by Gasteiger charge is -2.18. The van der Waals surface area contributed by atoms with Crippen molar-refractivity contribution in [2.24, 2.45) is 5.92 Å². The topological polar surface area (TPSA) is 45.1 Å². The van der Waals surface area contributed by atoms with Crippen LogP contribution in [0.25, 0.3) is 10.6 Å². The highest BCUT2D eigenvalue weighted by Crippen LogP contribution is 2.23. The van der Waals surface area contributed by atoms with Crippen molar-refractivity contribution in [1.29, 1.82) is 0 Å². The van der Waals surface area contributed by atoms with E-state index in [4.69, 9.17) is 5.11 Å². The van der Waals surface area contributed by atoms with Crippen LogP contribution in [0.1, 0.15) is 19.5 Å². The first-order valence-corrected chi connectivity index (χ1v) is 7.42. The Morgan fingerprint density at radius 1 is 1.26 bits per heavy atom. The van der Waals surface area contributed by atoms with E-state index < -0.39 is 0 Å². The van der Waals surface area contributed by atoms with Crippen molar-refractivity contribution in [2.75, 3.05) is 6.61 Å². The first-order chi connectivity index (χ1) is 9.20. The summed E-state index contributed by atoms with van der Waals surface area (Å²) in [6.45, 7) is 5.08. The molecule has 0 aliphatic heterocycles. The highest BCUT2D eigenvalue weighted by molar-refractivity contribution is 7.13. The molecule has 1 aromatic carbocycles. The maximum Gasteiger partial charge on any atom is 0.123 e. The SMILES string of the molecule is CC(CO)C(C)NCc1csc(-c2ccccc2)n1. The summed E-state index contributed by atoms with van der Waals surface area (Å²) in [5.74, 6) is 0.257. The Kier molecular flexibility index (Phi) is 5.07. The Morgan fingerprint density at radius 3 is 2.68 bits per heavy atom. The molecule has 0 spiro atoms. The van der Waals surface area contributed by atoms with Gasteiger partial charge < -0.3 is 10.4 Å². The molecule has 0 aliphatic carbocycles. The van der Waals surface area contributed by atoms with Crippen molar-refractivity contribution >= 4 is 11.3 Å². The maximum absolute atomic E-state index is 9.10. The Labute approximate surface area is 118 Å². The van der Waals surface area contributed by atoms with Gasteiger partial charge in [-0.1, -0.05) is 37.3 Å². The summed E-state index contributed by atoms with van der Waals surface area (Å²) in [6, 6.07) is 10.5. The van der Waals surface area contributed by atoms with E-state index in [1.165, 1.54) is 0 Å². The third kappa shape index (κ3) is 3.86. The lowest BCUT2D eigenvalue weighted by molar-refractivity contribution is 0.207. The van der Waals surface area contributed by atoms with E-state index in [0.29, 0.717) is 0 Å². The third-order valence-electron chi connectivity index (χ3n) is 3.32. The number of hydrogen-bond acceptors (Lipinski definition) is 4. The second-order valence-corrected chi connectivity index (χ2v) is 5.70. The highest BCUT2D eigenvalue weighted by atomic mass is 32.1. The summed E-state index contributed by atoms with van der Waals surface area (Å²) in [4.78, 5) is 4.63. The number of benzene rings is 1. The Bertz CT molecular complexity index is 498. The standard InChI is InChI=1S/C15H20N2OS/c1-11(9-18)12(2)16-8-14-10-19-15(17-14)13-6-4-3-5-7-13/h3-7,10-12,16,18H,8-9H2,1-2H3. The Morgan fingerprint density at radius 2 is 2.00 bits per heavy atom. The molecule has 0 radical (unpaired) electrons. The van der Waals surface area contributed by atoms with E-state index in [9.17, 15) is 0 Å². The molecule has 2 N–H and O–H groups in total. The lowest BCUT2D eigenvalue weighted by atomic mass is 10.1. The van der Waals surface area contributed by atoms with Gasteiger partial charge in [-0.2, -0.15) is 0 Å². The van der Waals surface area contributed by atoms with Crippen molar-refractivity contribution in [1.82, 2.24) is 10.3 Å².